The van der Waals surface area contributed by atoms with Crippen molar-refractivity contribution in [1.29, 1.82) is 0 Å². The molecule has 0 aromatic heterocycles. The predicted molar refractivity (Wildman–Crippen MR) is 41.4 cm³/mol. The third-order valence-corrected chi connectivity index (χ3v) is 2.21. The van der Waals surface area contributed by atoms with Crippen molar-refractivity contribution in [2.24, 2.45) is 0 Å². The van der Waals surface area contributed by atoms with E-state index in [-0.39, 0.29) is 6.10 Å². The van der Waals surface area contributed by atoms with Gasteiger partial charge in [-0.1, -0.05) is 12.1 Å². The number of hydrogen-bond donors (Lipinski definition) is 2. The number of fused-ring (bicyclic) bond motifs is 1. The van der Waals surface area contributed by atoms with Gasteiger partial charge in [-0.3, -0.25) is 0 Å². The van der Waals surface area contributed by atoms with Crippen molar-refractivity contribution in [1.82, 2.24) is 0 Å². The highest BCUT2D eigenvalue weighted by Gasteiger charge is 2.21. The minimum Gasteiger partial charge on any atom is -0.508 e. The summed E-state index contributed by atoms with van der Waals surface area (Å²) in [5.74, 6) is 0.319. The van der Waals surface area contributed by atoms with Gasteiger partial charge in [-0.05, 0) is 30.0 Å². The highest BCUT2D eigenvalue weighted by molar-refractivity contribution is 5.43. The molecular formula is C9H10O2. The molecule has 1 aromatic rings. The first-order chi connectivity index (χ1) is 5.29. The first-order valence-corrected chi connectivity index (χ1v) is 3.78. The summed E-state index contributed by atoms with van der Waals surface area (Å²) in [6.45, 7) is 0. The lowest BCUT2D eigenvalue weighted by molar-refractivity contribution is 0.180. The number of aliphatic hydroxyl groups is 1. The van der Waals surface area contributed by atoms with Crippen LogP contribution in [0.3, 0.4) is 0 Å². The molecule has 2 heteroatoms. The van der Waals surface area contributed by atoms with Crippen LogP contribution in [0.5, 0.6) is 5.75 Å². The summed E-state index contributed by atoms with van der Waals surface area (Å²) in [6, 6.07) is 5.30. The van der Waals surface area contributed by atoms with Crippen LogP contribution in [0.4, 0.5) is 0 Å². The normalized spacial score (nSPS) is 21.7. The Balaban J connectivity index is 2.57. The Hall–Kier alpha value is -1.02. The zero-order chi connectivity index (χ0) is 7.84. The Bertz CT molecular complexity index is 281. The van der Waals surface area contributed by atoms with E-state index in [4.69, 9.17) is 0 Å². The first kappa shape index (κ1) is 6.68. The molecular weight excluding hydrogens is 140 g/mol. The number of benzene rings is 1. The Morgan fingerprint density at radius 2 is 2.18 bits per heavy atom. The average Bonchev–Trinajstić information content (AvgIpc) is 2.35. The second-order valence-corrected chi connectivity index (χ2v) is 2.90. The van der Waals surface area contributed by atoms with Gasteiger partial charge in [0.1, 0.15) is 5.75 Å². The molecule has 2 N–H and O–H groups in total. The molecule has 0 unspecified atom stereocenters. The maximum Gasteiger partial charge on any atom is 0.119 e. The molecule has 0 saturated heterocycles. The number of hydrogen-bond acceptors (Lipinski definition) is 2. The van der Waals surface area contributed by atoms with E-state index in [0.717, 1.165) is 24.0 Å². The lowest BCUT2D eigenvalue weighted by Gasteiger charge is -2.03. The number of phenols is 1. The maximum atomic E-state index is 9.39. The summed E-state index contributed by atoms with van der Waals surface area (Å²) in [7, 11) is 0. The van der Waals surface area contributed by atoms with Gasteiger partial charge >= 0.3 is 0 Å². The molecule has 58 valence electrons. The van der Waals surface area contributed by atoms with Gasteiger partial charge in [0.15, 0.2) is 0 Å². The van der Waals surface area contributed by atoms with Crippen LogP contribution in [0, 0.1) is 0 Å². The molecule has 2 rings (SSSR count). The van der Waals surface area contributed by atoms with Crippen LogP contribution >= 0.6 is 0 Å². The molecule has 0 bridgehead atoms. The van der Waals surface area contributed by atoms with Gasteiger partial charge in [-0.2, -0.15) is 0 Å². The first-order valence-electron chi connectivity index (χ1n) is 3.78. The van der Waals surface area contributed by atoms with E-state index in [1.165, 1.54) is 0 Å². The van der Waals surface area contributed by atoms with Crippen molar-refractivity contribution in [3.63, 3.8) is 0 Å². The molecule has 1 aliphatic rings. The van der Waals surface area contributed by atoms with Crippen molar-refractivity contribution < 1.29 is 10.2 Å². The molecule has 0 fully saturated rings. The lowest BCUT2D eigenvalue weighted by Crippen LogP contribution is -1.88. The molecule has 0 spiro atoms. The molecule has 0 radical (unpaired) electrons. The van der Waals surface area contributed by atoms with E-state index in [0.29, 0.717) is 5.75 Å². The molecule has 1 aromatic carbocycles. The van der Waals surface area contributed by atoms with Gasteiger partial charge in [0.2, 0.25) is 0 Å². The molecule has 0 heterocycles. The van der Waals surface area contributed by atoms with Crippen molar-refractivity contribution in [3.8, 4) is 5.75 Å². The van der Waals surface area contributed by atoms with Crippen LogP contribution < -0.4 is 0 Å². The van der Waals surface area contributed by atoms with E-state index in [1.807, 2.05) is 6.07 Å². The second kappa shape index (κ2) is 2.24. The van der Waals surface area contributed by atoms with E-state index >= 15 is 0 Å². The van der Waals surface area contributed by atoms with E-state index in [2.05, 4.69) is 0 Å². The fraction of sp³-hybridized carbons (Fsp3) is 0.333. The molecule has 0 aliphatic heterocycles. The second-order valence-electron chi connectivity index (χ2n) is 2.90. The van der Waals surface area contributed by atoms with Crippen LogP contribution in [0.1, 0.15) is 23.7 Å². The number of aliphatic hydroxyl groups excluding tert-OH is 1. The molecule has 11 heavy (non-hydrogen) atoms. The Morgan fingerprint density at radius 3 is 2.91 bits per heavy atom. The fourth-order valence-electron chi connectivity index (χ4n) is 1.61. The molecule has 0 saturated carbocycles. The Morgan fingerprint density at radius 1 is 1.36 bits per heavy atom. The molecule has 1 aliphatic carbocycles. The molecule has 2 nitrogen and oxygen atoms in total. The SMILES string of the molecule is Oc1cccc2c1CC[C@@H]2O. The smallest absolute Gasteiger partial charge is 0.119 e. The molecule has 0 amide bonds. The third-order valence-electron chi connectivity index (χ3n) is 2.21. The van der Waals surface area contributed by atoms with Crippen LogP contribution in [0.15, 0.2) is 18.2 Å². The van der Waals surface area contributed by atoms with Crippen LogP contribution in [0.2, 0.25) is 0 Å². The Labute approximate surface area is 65.1 Å². The fourth-order valence-corrected chi connectivity index (χ4v) is 1.61. The van der Waals surface area contributed by atoms with Crippen LogP contribution in [0.25, 0.3) is 0 Å². The number of rotatable bonds is 0. The topological polar surface area (TPSA) is 40.5 Å². The van der Waals surface area contributed by atoms with Crippen molar-refractivity contribution >= 4 is 0 Å². The van der Waals surface area contributed by atoms with Crippen LogP contribution in [-0.4, -0.2) is 10.2 Å². The lowest BCUT2D eigenvalue weighted by atomic mass is 10.1. The summed E-state index contributed by atoms with van der Waals surface area (Å²) in [4.78, 5) is 0. The van der Waals surface area contributed by atoms with Gasteiger partial charge in [0, 0.05) is 0 Å². The van der Waals surface area contributed by atoms with Gasteiger partial charge in [0.25, 0.3) is 0 Å². The monoisotopic (exact) mass is 150 g/mol. The average molecular weight is 150 g/mol. The Kier molecular flexibility index (Phi) is 1.36. The summed E-state index contributed by atoms with van der Waals surface area (Å²) < 4.78 is 0. The van der Waals surface area contributed by atoms with Crippen molar-refractivity contribution in [2.75, 3.05) is 0 Å². The third kappa shape index (κ3) is 0.906. The summed E-state index contributed by atoms with van der Waals surface area (Å²) in [6.07, 6.45) is 1.17. The van der Waals surface area contributed by atoms with E-state index < -0.39 is 0 Å². The van der Waals surface area contributed by atoms with E-state index in [1.54, 1.807) is 12.1 Å². The minimum absolute atomic E-state index is 0.319. The van der Waals surface area contributed by atoms with Gasteiger partial charge in [-0.15, -0.1) is 0 Å². The van der Waals surface area contributed by atoms with Gasteiger partial charge in [-0.25, -0.2) is 0 Å². The number of aromatic hydroxyl groups is 1. The van der Waals surface area contributed by atoms with E-state index in [9.17, 15) is 10.2 Å². The zero-order valence-electron chi connectivity index (χ0n) is 6.12. The summed E-state index contributed by atoms with van der Waals surface area (Å²) in [5, 5.41) is 18.7. The highest BCUT2D eigenvalue weighted by atomic mass is 16.3. The summed E-state index contributed by atoms with van der Waals surface area (Å²) >= 11 is 0. The summed E-state index contributed by atoms with van der Waals surface area (Å²) in [5.41, 5.74) is 1.81. The maximum absolute atomic E-state index is 9.39. The minimum atomic E-state index is -0.364. The number of phenolic OH excluding ortho intramolecular Hbond substituents is 1. The van der Waals surface area contributed by atoms with Gasteiger partial charge < -0.3 is 10.2 Å². The zero-order valence-corrected chi connectivity index (χ0v) is 6.12. The van der Waals surface area contributed by atoms with Crippen LogP contribution in [-0.2, 0) is 6.42 Å². The predicted octanol–water partition coefficient (Wildman–Crippen LogP) is 1.37. The van der Waals surface area contributed by atoms with Crippen molar-refractivity contribution in [3.05, 3.63) is 29.3 Å². The van der Waals surface area contributed by atoms with Crippen molar-refractivity contribution in [2.45, 2.75) is 18.9 Å². The standard InChI is InChI=1S/C9H10O2/c10-8-3-1-2-6-7(8)4-5-9(6)11/h1-3,9-11H,4-5H2/t9-/m0/s1. The quantitative estimate of drug-likeness (QED) is 0.586. The largest absolute Gasteiger partial charge is 0.508 e. The van der Waals surface area contributed by atoms with Gasteiger partial charge in [0.05, 0.1) is 6.10 Å². The highest BCUT2D eigenvalue weighted by Crippen LogP contribution is 2.35. The molecule has 1 atom stereocenters.